The van der Waals surface area contributed by atoms with E-state index in [1.807, 2.05) is 45.0 Å². The molecule has 3 aromatic rings. The largest absolute Gasteiger partial charge is 0.490 e. The molecule has 0 spiro atoms. The van der Waals surface area contributed by atoms with Gasteiger partial charge in [-0.25, -0.2) is 4.79 Å². The second kappa shape index (κ2) is 13.1. The van der Waals surface area contributed by atoms with Crippen molar-refractivity contribution in [2.24, 2.45) is 0 Å². The molecule has 0 saturated carbocycles. The van der Waals surface area contributed by atoms with Gasteiger partial charge in [-0.2, -0.15) is 13.2 Å². The SMILES string of the molecule is CCC(C)c1ccc(N(C(=O)c2ccco2)[C@H](C(=O)NC(C)(C)C)c2cccnc2)cc1.O=C(O)C(F)(F)F. The van der Waals surface area contributed by atoms with Gasteiger partial charge in [0.2, 0.25) is 5.91 Å². The van der Waals surface area contributed by atoms with Crippen LogP contribution in [0.4, 0.5) is 18.9 Å². The number of nitrogens with one attached hydrogen (secondary N) is 1. The summed E-state index contributed by atoms with van der Waals surface area (Å²) in [6, 6.07) is 13.7. The van der Waals surface area contributed by atoms with Gasteiger partial charge < -0.3 is 14.8 Å². The third-order valence-corrected chi connectivity index (χ3v) is 5.55. The van der Waals surface area contributed by atoms with E-state index in [4.69, 9.17) is 14.3 Å². The second-order valence-electron chi connectivity index (χ2n) is 9.78. The molecule has 0 saturated heterocycles. The Kier molecular flexibility index (Phi) is 10.4. The molecular formula is C28H32F3N3O5. The van der Waals surface area contributed by atoms with Crippen molar-refractivity contribution in [1.82, 2.24) is 10.3 Å². The molecule has 2 amide bonds. The molecule has 0 aliphatic rings. The van der Waals surface area contributed by atoms with Crippen molar-refractivity contribution in [3.05, 3.63) is 84.1 Å². The van der Waals surface area contributed by atoms with Crippen molar-refractivity contribution in [1.29, 1.82) is 0 Å². The van der Waals surface area contributed by atoms with E-state index < -0.39 is 29.6 Å². The lowest BCUT2D eigenvalue weighted by molar-refractivity contribution is -0.192. The van der Waals surface area contributed by atoms with Crippen LogP contribution in [-0.2, 0) is 9.59 Å². The minimum atomic E-state index is -5.08. The number of carboxylic acid groups (broad SMARTS) is 1. The monoisotopic (exact) mass is 547 g/mol. The van der Waals surface area contributed by atoms with Crippen LogP contribution in [0.3, 0.4) is 0 Å². The maximum atomic E-state index is 13.6. The highest BCUT2D eigenvalue weighted by molar-refractivity contribution is 6.08. The Morgan fingerprint density at radius 3 is 2.08 bits per heavy atom. The Hall–Kier alpha value is -4.15. The number of carbonyl (C=O) groups excluding carboxylic acids is 2. The number of aromatic nitrogens is 1. The average Bonchev–Trinajstić information content (AvgIpc) is 3.41. The molecule has 0 fully saturated rings. The molecule has 0 aliphatic heterocycles. The first kappa shape index (κ1) is 31.1. The van der Waals surface area contributed by atoms with Crippen LogP contribution in [0.15, 0.2) is 71.6 Å². The van der Waals surface area contributed by atoms with Crippen molar-refractivity contribution < 1.29 is 37.1 Å². The number of pyridine rings is 1. The molecule has 39 heavy (non-hydrogen) atoms. The molecule has 1 unspecified atom stereocenters. The highest BCUT2D eigenvalue weighted by Crippen LogP contribution is 2.31. The molecule has 0 bridgehead atoms. The van der Waals surface area contributed by atoms with E-state index in [1.54, 1.807) is 36.7 Å². The minimum Gasteiger partial charge on any atom is -0.475 e. The van der Waals surface area contributed by atoms with Crippen LogP contribution in [0.1, 0.15) is 74.7 Å². The smallest absolute Gasteiger partial charge is 0.475 e. The van der Waals surface area contributed by atoms with Crippen LogP contribution < -0.4 is 10.2 Å². The third-order valence-electron chi connectivity index (χ3n) is 5.55. The fourth-order valence-electron chi connectivity index (χ4n) is 3.50. The predicted octanol–water partition coefficient (Wildman–Crippen LogP) is 6.12. The van der Waals surface area contributed by atoms with E-state index >= 15 is 0 Å². The molecule has 0 radical (unpaired) electrons. The van der Waals surface area contributed by atoms with Crippen LogP contribution in [0.5, 0.6) is 0 Å². The molecule has 2 aromatic heterocycles. The van der Waals surface area contributed by atoms with Gasteiger partial charge in [0.05, 0.1) is 6.26 Å². The zero-order valence-electron chi connectivity index (χ0n) is 22.3. The maximum Gasteiger partial charge on any atom is 0.490 e. The van der Waals surface area contributed by atoms with E-state index in [-0.39, 0.29) is 11.7 Å². The number of furan rings is 1. The van der Waals surface area contributed by atoms with Crippen LogP contribution >= 0.6 is 0 Å². The topological polar surface area (TPSA) is 113 Å². The van der Waals surface area contributed by atoms with Gasteiger partial charge in [0.25, 0.3) is 5.91 Å². The lowest BCUT2D eigenvalue weighted by atomic mass is 9.97. The number of halogens is 3. The summed E-state index contributed by atoms with van der Waals surface area (Å²) in [5, 5.41) is 10.1. The number of hydrogen-bond acceptors (Lipinski definition) is 5. The lowest BCUT2D eigenvalue weighted by Gasteiger charge is -2.33. The van der Waals surface area contributed by atoms with E-state index in [9.17, 15) is 22.8 Å². The van der Waals surface area contributed by atoms with Gasteiger partial charge in [-0.1, -0.05) is 32.0 Å². The molecule has 2 atom stereocenters. The summed E-state index contributed by atoms with van der Waals surface area (Å²) in [7, 11) is 0. The number of hydrogen-bond donors (Lipinski definition) is 2. The Labute approximate surface area is 224 Å². The van der Waals surface area contributed by atoms with E-state index in [0.29, 0.717) is 17.2 Å². The quantitative estimate of drug-likeness (QED) is 0.368. The van der Waals surface area contributed by atoms with Crippen LogP contribution in [0.2, 0.25) is 0 Å². The standard InChI is InChI=1S/C26H31N3O3.C2HF3O2/c1-6-18(2)19-11-13-21(14-12-19)29(25(31)22-10-8-16-32-22)23(20-9-7-15-27-17-20)24(30)28-26(3,4)5;3-2(4,5)1(6)7/h7-18,23H,6H2,1-5H3,(H,28,30);(H,6,7)/t18?,23-;/m0./s1. The van der Waals surface area contributed by atoms with Crippen molar-refractivity contribution in [2.45, 2.75) is 64.7 Å². The highest BCUT2D eigenvalue weighted by Gasteiger charge is 2.38. The normalized spacial score (nSPS) is 12.9. The molecule has 2 N–H and O–H groups in total. The summed E-state index contributed by atoms with van der Waals surface area (Å²) in [4.78, 5) is 41.7. The fourth-order valence-corrected chi connectivity index (χ4v) is 3.50. The molecule has 11 heteroatoms. The Morgan fingerprint density at radius 2 is 1.64 bits per heavy atom. The van der Waals surface area contributed by atoms with E-state index in [0.717, 1.165) is 6.42 Å². The number of aliphatic carboxylic acids is 1. The first-order valence-electron chi connectivity index (χ1n) is 12.1. The molecule has 1 aromatic carbocycles. The van der Waals surface area contributed by atoms with Gasteiger partial charge in [-0.05, 0) is 69.0 Å². The zero-order valence-corrected chi connectivity index (χ0v) is 22.3. The van der Waals surface area contributed by atoms with Crippen molar-refractivity contribution >= 4 is 23.5 Å². The Balaban J connectivity index is 0.000000673. The van der Waals surface area contributed by atoms with Gasteiger partial charge in [0, 0.05) is 29.2 Å². The predicted molar refractivity (Wildman–Crippen MR) is 139 cm³/mol. The van der Waals surface area contributed by atoms with Crippen LogP contribution in [0.25, 0.3) is 0 Å². The Morgan fingerprint density at radius 1 is 1.03 bits per heavy atom. The minimum absolute atomic E-state index is 0.161. The number of amides is 2. The first-order valence-corrected chi connectivity index (χ1v) is 12.1. The summed E-state index contributed by atoms with van der Waals surface area (Å²) in [5.41, 5.74) is 1.92. The van der Waals surface area contributed by atoms with Crippen molar-refractivity contribution in [3.8, 4) is 0 Å². The Bertz CT molecular complexity index is 1220. The van der Waals surface area contributed by atoms with Gasteiger partial charge >= 0.3 is 12.1 Å². The number of carbonyl (C=O) groups is 3. The molecule has 0 aliphatic carbocycles. The summed E-state index contributed by atoms with van der Waals surface area (Å²) >= 11 is 0. The van der Waals surface area contributed by atoms with Crippen molar-refractivity contribution in [2.75, 3.05) is 4.90 Å². The van der Waals surface area contributed by atoms with Gasteiger partial charge in [0.15, 0.2) is 5.76 Å². The average molecular weight is 548 g/mol. The molecule has 3 rings (SSSR count). The number of rotatable bonds is 7. The number of nitrogens with zero attached hydrogens (tertiary/aromatic N) is 2. The number of carboxylic acids is 1. The second-order valence-corrected chi connectivity index (χ2v) is 9.78. The summed E-state index contributed by atoms with van der Waals surface area (Å²) in [5.74, 6) is -2.89. The van der Waals surface area contributed by atoms with E-state index in [1.165, 1.54) is 16.7 Å². The molecule has 8 nitrogen and oxygen atoms in total. The number of anilines is 1. The van der Waals surface area contributed by atoms with Gasteiger partial charge in [-0.15, -0.1) is 0 Å². The lowest BCUT2D eigenvalue weighted by Crippen LogP contribution is -2.49. The van der Waals surface area contributed by atoms with Gasteiger partial charge in [-0.3, -0.25) is 19.5 Å². The summed E-state index contributed by atoms with van der Waals surface area (Å²) < 4.78 is 37.1. The summed E-state index contributed by atoms with van der Waals surface area (Å²) in [6.07, 6.45) is 0.636. The molecule has 210 valence electrons. The summed E-state index contributed by atoms with van der Waals surface area (Å²) in [6.45, 7) is 10.0. The van der Waals surface area contributed by atoms with Gasteiger partial charge in [0.1, 0.15) is 6.04 Å². The fraction of sp³-hybridized carbons (Fsp3) is 0.357. The third kappa shape index (κ3) is 8.98. The van der Waals surface area contributed by atoms with Crippen LogP contribution in [-0.4, -0.2) is 39.6 Å². The number of alkyl halides is 3. The van der Waals surface area contributed by atoms with Crippen LogP contribution in [0, 0.1) is 0 Å². The highest BCUT2D eigenvalue weighted by atomic mass is 19.4. The molecule has 2 heterocycles. The number of benzene rings is 1. The molecular weight excluding hydrogens is 515 g/mol. The first-order chi connectivity index (χ1) is 18.2. The van der Waals surface area contributed by atoms with E-state index in [2.05, 4.69) is 24.1 Å². The van der Waals surface area contributed by atoms with Crippen molar-refractivity contribution in [3.63, 3.8) is 0 Å². The maximum absolute atomic E-state index is 13.6. The zero-order chi connectivity index (χ0) is 29.4.